The first-order chi connectivity index (χ1) is 12.5. The standard InChI is InChI=1S/C20H21N3O3/c1-13-8-9-16(10-14(13)2)26-12-19(24)21-22-20(25)18-11-15-6-4-5-7-17(15)23(18)3/h4-11H,12H2,1-3H3,(H,21,24)(H,22,25). The topological polar surface area (TPSA) is 72.4 Å². The molecule has 2 aromatic carbocycles. The number of rotatable bonds is 4. The number of fused-ring (bicyclic) bond motifs is 1. The van der Waals surface area contributed by atoms with Gasteiger partial charge in [0.1, 0.15) is 11.4 Å². The van der Waals surface area contributed by atoms with Crippen molar-refractivity contribution < 1.29 is 14.3 Å². The van der Waals surface area contributed by atoms with Crippen LogP contribution < -0.4 is 15.6 Å². The number of nitrogens with zero attached hydrogens (tertiary/aromatic N) is 1. The summed E-state index contributed by atoms with van der Waals surface area (Å²) in [7, 11) is 1.81. The van der Waals surface area contributed by atoms with E-state index in [1.54, 1.807) is 10.6 Å². The number of hydrogen-bond donors (Lipinski definition) is 2. The van der Waals surface area contributed by atoms with E-state index >= 15 is 0 Å². The van der Waals surface area contributed by atoms with Crippen LogP contribution in [0.25, 0.3) is 10.9 Å². The third kappa shape index (κ3) is 3.69. The molecule has 0 unspecified atom stereocenters. The average Bonchev–Trinajstić information content (AvgIpc) is 2.98. The van der Waals surface area contributed by atoms with Crippen LogP contribution in [0.2, 0.25) is 0 Å². The second-order valence-electron chi connectivity index (χ2n) is 6.18. The number of para-hydroxylation sites is 1. The molecular weight excluding hydrogens is 330 g/mol. The van der Waals surface area contributed by atoms with E-state index in [0.29, 0.717) is 11.4 Å². The summed E-state index contributed by atoms with van der Waals surface area (Å²) in [6.07, 6.45) is 0. The van der Waals surface area contributed by atoms with Crippen molar-refractivity contribution in [3.05, 3.63) is 65.4 Å². The van der Waals surface area contributed by atoms with E-state index in [1.165, 1.54) is 0 Å². The number of ether oxygens (including phenoxy) is 1. The minimum absolute atomic E-state index is 0.183. The van der Waals surface area contributed by atoms with Gasteiger partial charge in [-0.25, -0.2) is 0 Å². The molecule has 6 nitrogen and oxygen atoms in total. The van der Waals surface area contributed by atoms with Gasteiger partial charge in [-0.1, -0.05) is 24.3 Å². The molecule has 1 heterocycles. The second kappa shape index (κ2) is 7.31. The first kappa shape index (κ1) is 17.5. The lowest BCUT2D eigenvalue weighted by Gasteiger charge is -2.10. The molecule has 0 radical (unpaired) electrons. The summed E-state index contributed by atoms with van der Waals surface area (Å²) in [6, 6.07) is 15.1. The molecule has 0 bridgehead atoms. The number of nitrogens with one attached hydrogen (secondary N) is 2. The SMILES string of the molecule is Cc1ccc(OCC(=O)NNC(=O)c2cc3ccccc3n2C)cc1C. The van der Waals surface area contributed by atoms with E-state index in [2.05, 4.69) is 10.9 Å². The summed E-state index contributed by atoms with van der Waals surface area (Å²) in [6.45, 7) is 3.80. The lowest BCUT2D eigenvalue weighted by molar-refractivity contribution is -0.123. The summed E-state index contributed by atoms with van der Waals surface area (Å²) >= 11 is 0. The highest BCUT2D eigenvalue weighted by atomic mass is 16.5. The largest absolute Gasteiger partial charge is 0.484 e. The molecule has 6 heteroatoms. The van der Waals surface area contributed by atoms with Crippen LogP contribution in [0.1, 0.15) is 21.6 Å². The predicted molar refractivity (Wildman–Crippen MR) is 99.9 cm³/mol. The summed E-state index contributed by atoms with van der Waals surface area (Å²) in [4.78, 5) is 24.2. The number of carbonyl (C=O) groups is 2. The van der Waals surface area contributed by atoms with Crippen LogP contribution in [0.5, 0.6) is 5.75 Å². The normalized spacial score (nSPS) is 10.6. The van der Waals surface area contributed by atoms with Crippen LogP contribution in [0.4, 0.5) is 0 Å². The highest BCUT2D eigenvalue weighted by Crippen LogP contribution is 2.18. The van der Waals surface area contributed by atoms with Gasteiger partial charge in [-0.05, 0) is 49.2 Å². The van der Waals surface area contributed by atoms with E-state index < -0.39 is 5.91 Å². The molecule has 0 aliphatic rings. The van der Waals surface area contributed by atoms with Crippen LogP contribution >= 0.6 is 0 Å². The van der Waals surface area contributed by atoms with E-state index in [9.17, 15) is 9.59 Å². The number of carbonyl (C=O) groups excluding carboxylic acids is 2. The summed E-state index contributed by atoms with van der Waals surface area (Å²) < 4.78 is 7.22. The van der Waals surface area contributed by atoms with E-state index in [0.717, 1.165) is 22.0 Å². The van der Waals surface area contributed by atoms with Crippen molar-refractivity contribution in [1.29, 1.82) is 0 Å². The fourth-order valence-electron chi connectivity index (χ4n) is 2.69. The molecule has 3 aromatic rings. The lowest BCUT2D eigenvalue weighted by atomic mass is 10.1. The molecule has 134 valence electrons. The third-order valence-electron chi connectivity index (χ3n) is 4.35. The Labute approximate surface area is 151 Å². The number of hydrogen-bond acceptors (Lipinski definition) is 3. The van der Waals surface area contributed by atoms with Crippen molar-refractivity contribution in [1.82, 2.24) is 15.4 Å². The molecule has 2 amide bonds. The molecule has 3 rings (SSSR count). The lowest BCUT2D eigenvalue weighted by Crippen LogP contribution is -2.44. The Morgan fingerprint density at radius 2 is 1.77 bits per heavy atom. The molecule has 26 heavy (non-hydrogen) atoms. The quantitative estimate of drug-likeness (QED) is 0.710. The van der Waals surface area contributed by atoms with Crippen molar-refractivity contribution in [3.63, 3.8) is 0 Å². The van der Waals surface area contributed by atoms with Crippen molar-refractivity contribution in [2.24, 2.45) is 7.05 Å². The van der Waals surface area contributed by atoms with Gasteiger partial charge in [-0.3, -0.25) is 20.4 Å². The minimum atomic E-state index is -0.435. The molecule has 0 saturated heterocycles. The number of aromatic nitrogens is 1. The van der Waals surface area contributed by atoms with Crippen molar-refractivity contribution in [3.8, 4) is 5.75 Å². The molecule has 0 fully saturated rings. The Morgan fingerprint density at radius 1 is 1.00 bits per heavy atom. The van der Waals surface area contributed by atoms with Crippen LogP contribution in [-0.2, 0) is 11.8 Å². The van der Waals surface area contributed by atoms with Gasteiger partial charge >= 0.3 is 0 Å². The number of hydrazine groups is 1. The first-order valence-corrected chi connectivity index (χ1v) is 8.29. The molecular formula is C20H21N3O3. The zero-order valence-electron chi connectivity index (χ0n) is 15.0. The maximum absolute atomic E-state index is 12.3. The highest BCUT2D eigenvalue weighted by Gasteiger charge is 2.14. The van der Waals surface area contributed by atoms with Crippen LogP contribution in [0.3, 0.4) is 0 Å². The molecule has 0 saturated carbocycles. The Morgan fingerprint density at radius 3 is 2.50 bits per heavy atom. The van der Waals surface area contributed by atoms with Gasteiger partial charge in [0.25, 0.3) is 11.8 Å². The third-order valence-corrected chi connectivity index (χ3v) is 4.35. The molecule has 0 atom stereocenters. The summed E-state index contributed by atoms with van der Waals surface area (Å²) in [5.74, 6) is -0.207. The van der Waals surface area contributed by atoms with Gasteiger partial charge in [-0.2, -0.15) is 0 Å². The van der Waals surface area contributed by atoms with Gasteiger partial charge in [-0.15, -0.1) is 0 Å². The maximum Gasteiger partial charge on any atom is 0.286 e. The molecule has 1 aromatic heterocycles. The van der Waals surface area contributed by atoms with Gasteiger partial charge < -0.3 is 9.30 Å². The Hall–Kier alpha value is -3.28. The zero-order chi connectivity index (χ0) is 18.7. The minimum Gasteiger partial charge on any atom is -0.484 e. The van der Waals surface area contributed by atoms with Crippen molar-refractivity contribution >= 4 is 22.7 Å². The zero-order valence-corrected chi connectivity index (χ0v) is 15.0. The van der Waals surface area contributed by atoms with Crippen LogP contribution in [0, 0.1) is 13.8 Å². The summed E-state index contributed by atoms with van der Waals surface area (Å²) in [5, 5.41) is 0.963. The molecule has 0 aliphatic carbocycles. The molecule has 2 N–H and O–H groups in total. The Balaban J connectivity index is 1.55. The Kier molecular flexibility index (Phi) is 4.93. The predicted octanol–water partition coefficient (Wildman–Crippen LogP) is 2.64. The van der Waals surface area contributed by atoms with E-state index in [4.69, 9.17) is 4.74 Å². The van der Waals surface area contributed by atoms with Crippen LogP contribution in [-0.4, -0.2) is 23.0 Å². The number of amides is 2. The smallest absolute Gasteiger partial charge is 0.286 e. The van der Waals surface area contributed by atoms with Crippen molar-refractivity contribution in [2.45, 2.75) is 13.8 Å². The fraction of sp³-hybridized carbons (Fsp3) is 0.200. The Bertz CT molecular complexity index is 976. The molecule has 0 spiro atoms. The maximum atomic E-state index is 12.3. The van der Waals surface area contributed by atoms with Gasteiger partial charge in [0, 0.05) is 18.0 Å². The number of aryl methyl sites for hydroxylation is 3. The fourth-order valence-corrected chi connectivity index (χ4v) is 2.69. The van der Waals surface area contributed by atoms with Gasteiger partial charge in [0.2, 0.25) is 0 Å². The summed E-state index contributed by atoms with van der Waals surface area (Å²) in [5.41, 5.74) is 8.44. The van der Waals surface area contributed by atoms with Crippen molar-refractivity contribution in [2.75, 3.05) is 6.61 Å². The van der Waals surface area contributed by atoms with Gasteiger partial charge in [0.05, 0.1) is 0 Å². The number of benzene rings is 2. The van der Waals surface area contributed by atoms with E-state index in [1.807, 2.05) is 63.4 Å². The van der Waals surface area contributed by atoms with E-state index in [-0.39, 0.29) is 12.5 Å². The first-order valence-electron chi connectivity index (χ1n) is 8.29. The average molecular weight is 351 g/mol. The van der Waals surface area contributed by atoms with Gasteiger partial charge in [0.15, 0.2) is 6.61 Å². The van der Waals surface area contributed by atoms with Crippen LogP contribution in [0.15, 0.2) is 48.5 Å². The molecule has 0 aliphatic heterocycles. The monoisotopic (exact) mass is 351 g/mol. The second-order valence-corrected chi connectivity index (χ2v) is 6.18. The highest BCUT2D eigenvalue weighted by molar-refractivity contribution is 5.99.